The number of anilines is 1. The zero-order valence-corrected chi connectivity index (χ0v) is 13.6. The van der Waals surface area contributed by atoms with Gasteiger partial charge in [0.15, 0.2) is 7.05 Å². The van der Waals surface area contributed by atoms with Crippen LogP contribution in [0.1, 0.15) is 19.4 Å². The molecule has 0 N–H and O–H groups in total. The van der Waals surface area contributed by atoms with Gasteiger partial charge in [0.05, 0.1) is 12.7 Å². The van der Waals surface area contributed by atoms with Gasteiger partial charge in [0.2, 0.25) is 11.4 Å². The average Bonchev–Trinajstić information content (AvgIpc) is 2.66. The van der Waals surface area contributed by atoms with Gasteiger partial charge in [-0.1, -0.05) is 0 Å². The van der Waals surface area contributed by atoms with E-state index in [9.17, 15) is 4.79 Å². The van der Waals surface area contributed by atoms with Crippen molar-refractivity contribution in [2.24, 2.45) is 4.99 Å². The number of amides is 1. The van der Waals surface area contributed by atoms with Crippen LogP contribution in [0.4, 0.5) is 11.4 Å². The molecule has 0 bridgehead atoms. The third-order valence-corrected chi connectivity index (χ3v) is 4.10. The quantitative estimate of drug-likeness (QED) is 0.798. The molecule has 1 aromatic carbocycles. The number of hydrazone groups is 1. The highest BCUT2D eigenvalue weighted by Gasteiger charge is 2.37. The molecule has 1 aromatic rings. The summed E-state index contributed by atoms with van der Waals surface area (Å²) in [4.78, 5) is 18.9. The zero-order valence-electron chi connectivity index (χ0n) is 13.6. The van der Waals surface area contributed by atoms with Gasteiger partial charge in [-0.3, -0.25) is 4.79 Å². The normalized spacial score (nSPS) is 17.1. The molecular weight excluding hydrogens is 264 g/mol. The predicted octanol–water partition coefficient (Wildman–Crippen LogP) is 2.01. The number of rotatable bonds is 3. The van der Waals surface area contributed by atoms with Gasteiger partial charge < -0.3 is 4.90 Å². The summed E-state index contributed by atoms with van der Waals surface area (Å²) in [5.41, 5.74) is 4.45. The van der Waals surface area contributed by atoms with Gasteiger partial charge in [0.25, 0.3) is 0 Å². The Morgan fingerprint density at radius 1 is 1.33 bits per heavy atom. The molecule has 0 spiro atoms. The van der Waals surface area contributed by atoms with E-state index in [1.54, 1.807) is 12.1 Å². The molecular formula is C16H23N4O+. The van der Waals surface area contributed by atoms with Gasteiger partial charge in [0, 0.05) is 26.2 Å². The van der Waals surface area contributed by atoms with Gasteiger partial charge in [-0.25, -0.2) is 4.99 Å². The van der Waals surface area contributed by atoms with Crippen molar-refractivity contribution in [1.29, 1.82) is 0 Å². The summed E-state index contributed by atoms with van der Waals surface area (Å²) in [7, 11) is 5.67. The van der Waals surface area contributed by atoms with Crippen molar-refractivity contribution in [2.45, 2.75) is 20.8 Å². The van der Waals surface area contributed by atoms with E-state index in [1.807, 2.05) is 37.7 Å². The van der Waals surface area contributed by atoms with Crippen LogP contribution in [0.25, 0.3) is 0 Å². The third-order valence-electron chi connectivity index (χ3n) is 4.10. The van der Waals surface area contributed by atoms with Crippen molar-refractivity contribution in [3.05, 3.63) is 23.8 Å². The van der Waals surface area contributed by atoms with Crippen molar-refractivity contribution in [1.82, 2.24) is 5.01 Å². The Labute approximate surface area is 126 Å². The van der Waals surface area contributed by atoms with Crippen LogP contribution in [0.2, 0.25) is 0 Å². The molecule has 0 unspecified atom stereocenters. The molecule has 21 heavy (non-hydrogen) atoms. The summed E-state index contributed by atoms with van der Waals surface area (Å²) in [5, 5.41) is 1.57. The number of carbonyl (C=O) groups is 1. The van der Waals surface area contributed by atoms with E-state index in [4.69, 9.17) is 0 Å². The highest BCUT2D eigenvalue weighted by atomic mass is 16.2. The number of aliphatic imine (C=N–C) groups is 1. The van der Waals surface area contributed by atoms with Gasteiger partial charge in [0.1, 0.15) is 0 Å². The average molecular weight is 287 g/mol. The van der Waals surface area contributed by atoms with E-state index in [-0.39, 0.29) is 5.91 Å². The molecule has 0 saturated heterocycles. The van der Waals surface area contributed by atoms with E-state index in [1.165, 1.54) is 0 Å². The first-order chi connectivity index (χ1) is 9.86. The van der Waals surface area contributed by atoms with Crippen molar-refractivity contribution >= 4 is 28.7 Å². The molecule has 1 aliphatic heterocycles. The van der Waals surface area contributed by atoms with Crippen LogP contribution in [0.15, 0.2) is 23.2 Å². The Balaban J connectivity index is 2.41. The summed E-state index contributed by atoms with van der Waals surface area (Å²) in [6.07, 6.45) is 0. The fourth-order valence-electron chi connectivity index (χ4n) is 2.26. The predicted molar refractivity (Wildman–Crippen MR) is 86.9 cm³/mol. The number of hydrazine groups is 1. The largest absolute Gasteiger partial charge is 0.375 e. The number of nitrogens with zero attached hydrogens (tertiary/aromatic N) is 4. The van der Waals surface area contributed by atoms with Gasteiger partial charge in [-0.15, -0.1) is 9.69 Å². The van der Waals surface area contributed by atoms with Crippen LogP contribution in [-0.4, -0.2) is 54.7 Å². The first-order valence-electron chi connectivity index (χ1n) is 7.13. The standard InChI is InChI=1S/C16H23N4O/c1-7-18(4)13-8-9-14(11(2)10-13)17-15-12(3)19(5)20(6)16(15)21/h8-10H,7H2,1-6H3/q+1. The van der Waals surface area contributed by atoms with Crippen LogP contribution in [0, 0.1) is 6.92 Å². The lowest BCUT2D eigenvalue weighted by Gasteiger charge is -2.17. The molecule has 0 radical (unpaired) electrons. The number of aryl methyl sites for hydroxylation is 1. The van der Waals surface area contributed by atoms with Gasteiger partial charge in [-0.05, 0) is 37.6 Å². The van der Waals surface area contributed by atoms with E-state index in [2.05, 4.69) is 29.9 Å². The van der Waals surface area contributed by atoms with Crippen molar-refractivity contribution < 1.29 is 9.48 Å². The summed E-state index contributed by atoms with van der Waals surface area (Å²) in [6.45, 7) is 7.00. The molecule has 5 nitrogen and oxygen atoms in total. The molecule has 112 valence electrons. The lowest BCUT2D eigenvalue weighted by molar-refractivity contribution is -0.635. The van der Waals surface area contributed by atoms with Crippen LogP contribution in [0.5, 0.6) is 0 Å². The molecule has 1 aliphatic rings. The summed E-state index contributed by atoms with van der Waals surface area (Å²) < 4.78 is 1.82. The van der Waals surface area contributed by atoms with E-state index >= 15 is 0 Å². The van der Waals surface area contributed by atoms with Crippen LogP contribution < -0.4 is 4.90 Å². The highest BCUT2D eigenvalue weighted by Crippen LogP contribution is 2.25. The van der Waals surface area contributed by atoms with E-state index in [0.29, 0.717) is 5.71 Å². The summed E-state index contributed by atoms with van der Waals surface area (Å²) >= 11 is 0. The Morgan fingerprint density at radius 2 is 2.00 bits per heavy atom. The highest BCUT2D eigenvalue weighted by molar-refractivity contribution is 6.66. The number of hydrogen-bond acceptors (Lipinski definition) is 3. The molecule has 2 rings (SSSR count). The molecule has 0 saturated carbocycles. The Morgan fingerprint density at radius 3 is 2.48 bits per heavy atom. The van der Waals surface area contributed by atoms with Crippen molar-refractivity contribution in [3.8, 4) is 0 Å². The Hall–Kier alpha value is -2.17. The second-order valence-electron chi connectivity index (χ2n) is 5.38. The topological polar surface area (TPSA) is 38.9 Å². The number of benzene rings is 1. The molecule has 0 aromatic heterocycles. The Bertz CT molecular complexity index is 646. The molecule has 5 heteroatoms. The Kier molecular flexibility index (Phi) is 4.11. The van der Waals surface area contributed by atoms with Crippen LogP contribution in [0.3, 0.4) is 0 Å². The van der Waals surface area contributed by atoms with E-state index < -0.39 is 0 Å². The second kappa shape index (κ2) is 5.68. The molecule has 0 aliphatic carbocycles. The molecule has 1 amide bonds. The zero-order chi connectivity index (χ0) is 15.7. The summed E-state index contributed by atoms with van der Waals surface area (Å²) in [5.74, 6) is -0.0656. The first-order valence-corrected chi connectivity index (χ1v) is 7.13. The maximum absolute atomic E-state index is 12.2. The maximum atomic E-state index is 12.2. The SMILES string of the molecule is CCN(C)c1ccc(N=C2C(=O)N(C)[N+](C)=C2C)c(C)c1. The van der Waals surface area contributed by atoms with Gasteiger partial charge in [-0.2, -0.15) is 0 Å². The second-order valence-corrected chi connectivity index (χ2v) is 5.38. The number of hydrogen-bond donors (Lipinski definition) is 0. The first kappa shape index (κ1) is 15.2. The minimum atomic E-state index is -0.0656. The monoisotopic (exact) mass is 287 g/mol. The maximum Gasteiger partial charge on any atom is 0.332 e. The van der Waals surface area contributed by atoms with Crippen molar-refractivity contribution in [2.75, 3.05) is 32.6 Å². The van der Waals surface area contributed by atoms with E-state index in [0.717, 1.165) is 29.2 Å². The molecule has 0 fully saturated rings. The minimum absolute atomic E-state index is 0.0656. The third kappa shape index (κ3) is 2.68. The van der Waals surface area contributed by atoms with Crippen LogP contribution in [-0.2, 0) is 4.79 Å². The molecule has 0 atom stereocenters. The fourth-order valence-corrected chi connectivity index (χ4v) is 2.26. The lowest BCUT2D eigenvalue weighted by Crippen LogP contribution is -2.29. The smallest absolute Gasteiger partial charge is 0.332 e. The fraction of sp³-hybridized carbons (Fsp3) is 0.438. The summed E-state index contributed by atoms with van der Waals surface area (Å²) in [6, 6.07) is 6.12. The van der Waals surface area contributed by atoms with Crippen molar-refractivity contribution in [3.63, 3.8) is 0 Å². The van der Waals surface area contributed by atoms with Crippen LogP contribution >= 0.6 is 0 Å². The minimum Gasteiger partial charge on any atom is -0.375 e. The lowest BCUT2D eigenvalue weighted by atomic mass is 10.1. The molecule has 1 heterocycles. The number of carbonyl (C=O) groups excluding carboxylic acids is 1. The van der Waals surface area contributed by atoms with Gasteiger partial charge >= 0.3 is 5.91 Å².